The fraction of sp³-hybridized carbons (Fsp3) is 0.300. The Kier molecular flexibility index (Phi) is 7.01. The Labute approximate surface area is 148 Å². The van der Waals surface area contributed by atoms with Crippen LogP contribution >= 0.6 is 0 Å². The van der Waals surface area contributed by atoms with E-state index in [2.05, 4.69) is 5.32 Å². The van der Waals surface area contributed by atoms with Gasteiger partial charge in [-0.1, -0.05) is 67.6 Å². The van der Waals surface area contributed by atoms with Gasteiger partial charge in [0, 0.05) is 20.1 Å². The van der Waals surface area contributed by atoms with E-state index in [1.165, 1.54) is 0 Å². The molecule has 2 aromatic carbocycles. The lowest BCUT2D eigenvalue weighted by molar-refractivity contribution is -0.149. The Morgan fingerprint density at radius 2 is 1.56 bits per heavy atom. The number of carbonyl (C=O) groups is 2. The first-order valence-electron chi connectivity index (χ1n) is 8.29. The molecule has 0 heterocycles. The summed E-state index contributed by atoms with van der Waals surface area (Å²) in [5.41, 5.74) is 1.99. The maximum atomic E-state index is 12.1. The molecule has 0 aliphatic heterocycles. The minimum atomic E-state index is -0.405. The molecule has 0 fully saturated rings. The average Bonchev–Trinajstić information content (AvgIpc) is 2.65. The smallest absolute Gasteiger partial charge is 0.317 e. The summed E-state index contributed by atoms with van der Waals surface area (Å²) in [6, 6.07) is 19.0. The summed E-state index contributed by atoms with van der Waals surface area (Å²) in [5, 5.41) is 2.77. The van der Waals surface area contributed by atoms with Crippen LogP contribution in [0.25, 0.3) is 0 Å². The quantitative estimate of drug-likeness (QED) is 0.788. The fourth-order valence-electron chi connectivity index (χ4n) is 2.26. The minimum absolute atomic E-state index is 0.216. The molecule has 0 saturated heterocycles. The van der Waals surface area contributed by atoms with Crippen molar-refractivity contribution >= 4 is 12.0 Å². The summed E-state index contributed by atoms with van der Waals surface area (Å²) in [5.74, 6) is -0.729. The molecule has 0 aliphatic carbocycles. The summed E-state index contributed by atoms with van der Waals surface area (Å²) >= 11 is 0. The second-order valence-corrected chi connectivity index (χ2v) is 6.02. The van der Waals surface area contributed by atoms with Gasteiger partial charge in [0.15, 0.2) is 0 Å². The standard InChI is InChI=1S/C20H24N2O3/c1-16(19(23)25-15-18-11-7-4-8-12-18)13-21-20(24)22(2)14-17-9-5-3-6-10-17/h3-12,16H,13-15H2,1-2H3,(H,21,24)/t16-/m0/s1. The largest absolute Gasteiger partial charge is 0.461 e. The molecule has 0 saturated carbocycles. The topological polar surface area (TPSA) is 58.6 Å². The van der Waals surface area contributed by atoms with Gasteiger partial charge in [-0.05, 0) is 11.1 Å². The number of nitrogens with one attached hydrogen (secondary N) is 1. The molecule has 132 valence electrons. The first-order chi connectivity index (χ1) is 12.1. The van der Waals surface area contributed by atoms with Crippen LogP contribution < -0.4 is 5.32 Å². The van der Waals surface area contributed by atoms with Gasteiger partial charge in [0.1, 0.15) is 6.61 Å². The molecule has 2 amide bonds. The molecule has 25 heavy (non-hydrogen) atoms. The molecule has 2 rings (SSSR count). The third-order valence-corrected chi connectivity index (χ3v) is 3.80. The predicted molar refractivity (Wildman–Crippen MR) is 96.7 cm³/mol. The minimum Gasteiger partial charge on any atom is -0.461 e. The van der Waals surface area contributed by atoms with Gasteiger partial charge in [0.2, 0.25) is 0 Å². The van der Waals surface area contributed by atoms with Crippen LogP contribution in [-0.4, -0.2) is 30.5 Å². The first-order valence-corrected chi connectivity index (χ1v) is 8.29. The van der Waals surface area contributed by atoms with Crippen LogP contribution in [0.4, 0.5) is 4.79 Å². The summed E-state index contributed by atoms with van der Waals surface area (Å²) in [6.07, 6.45) is 0. The third-order valence-electron chi connectivity index (χ3n) is 3.80. The number of ether oxygens (including phenoxy) is 1. The maximum absolute atomic E-state index is 12.1. The lowest BCUT2D eigenvalue weighted by Gasteiger charge is -2.19. The van der Waals surface area contributed by atoms with Crippen LogP contribution in [0, 0.1) is 5.92 Å². The zero-order valence-electron chi connectivity index (χ0n) is 14.6. The zero-order chi connectivity index (χ0) is 18.1. The Bertz CT molecular complexity index is 674. The van der Waals surface area contributed by atoms with Crippen LogP contribution in [0.3, 0.4) is 0 Å². The maximum Gasteiger partial charge on any atom is 0.317 e. The number of esters is 1. The van der Waals surface area contributed by atoms with Crippen molar-refractivity contribution in [3.63, 3.8) is 0 Å². The van der Waals surface area contributed by atoms with Crippen LogP contribution in [0.5, 0.6) is 0 Å². The van der Waals surface area contributed by atoms with E-state index in [1.54, 1.807) is 18.9 Å². The Morgan fingerprint density at radius 1 is 1.00 bits per heavy atom. The molecule has 0 unspecified atom stereocenters. The van der Waals surface area contributed by atoms with E-state index in [1.807, 2.05) is 60.7 Å². The SMILES string of the molecule is C[C@@H](CNC(=O)N(C)Cc1ccccc1)C(=O)OCc1ccccc1. The molecule has 5 heteroatoms. The van der Waals surface area contributed by atoms with Crippen molar-refractivity contribution in [1.82, 2.24) is 10.2 Å². The summed E-state index contributed by atoms with van der Waals surface area (Å²) in [7, 11) is 1.72. The Balaban J connectivity index is 1.71. The molecule has 0 aliphatic rings. The van der Waals surface area contributed by atoms with Gasteiger partial charge in [-0.2, -0.15) is 0 Å². The summed E-state index contributed by atoms with van der Waals surface area (Å²) < 4.78 is 5.27. The highest BCUT2D eigenvalue weighted by molar-refractivity contribution is 5.76. The van der Waals surface area contributed by atoms with Gasteiger partial charge in [0.25, 0.3) is 0 Å². The molecule has 0 aromatic heterocycles. The van der Waals surface area contributed by atoms with Crippen LogP contribution in [-0.2, 0) is 22.7 Å². The number of rotatable bonds is 7. The number of hydrogen-bond acceptors (Lipinski definition) is 3. The monoisotopic (exact) mass is 340 g/mol. The van der Waals surface area contributed by atoms with Crippen molar-refractivity contribution in [2.45, 2.75) is 20.1 Å². The lowest BCUT2D eigenvalue weighted by atomic mass is 10.2. The number of urea groups is 1. The van der Waals surface area contributed by atoms with Crippen molar-refractivity contribution in [3.8, 4) is 0 Å². The molecule has 1 atom stereocenters. The number of hydrogen-bond donors (Lipinski definition) is 1. The van der Waals surface area contributed by atoms with Gasteiger partial charge in [-0.25, -0.2) is 4.79 Å². The van der Waals surface area contributed by atoms with Crippen LogP contribution in [0.15, 0.2) is 60.7 Å². The average molecular weight is 340 g/mol. The van der Waals surface area contributed by atoms with Gasteiger partial charge < -0.3 is 15.0 Å². The zero-order valence-corrected chi connectivity index (χ0v) is 14.6. The van der Waals surface area contributed by atoms with E-state index < -0.39 is 5.92 Å². The summed E-state index contributed by atoms with van der Waals surface area (Å²) in [4.78, 5) is 25.7. The number of benzene rings is 2. The molecule has 1 N–H and O–H groups in total. The van der Waals surface area contributed by atoms with E-state index in [0.29, 0.717) is 6.54 Å². The van der Waals surface area contributed by atoms with Gasteiger partial charge in [-0.3, -0.25) is 4.79 Å². The van der Waals surface area contributed by atoms with E-state index in [4.69, 9.17) is 4.74 Å². The highest BCUT2D eigenvalue weighted by Gasteiger charge is 2.17. The van der Waals surface area contributed by atoms with Gasteiger partial charge in [0.05, 0.1) is 5.92 Å². The normalized spacial score (nSPS) is 11.4. The fourth-order valence-corrected chi connectivity index (χ4v) is 2.26. The van der Waals surface area contributed by atoms with E-state index in [0.717, 1.165) is 11.1 Å². The second kappa shape index (κ2) is 9.47. The molecular weight excluding hydrogens is 316 g/mol. The van der Waals surface area contributed by atoms with Crippen molar-refractivity contribution in [2.75, 3.05) is 13.6 Å². The molecule has 5 nitrogen and oxygen atoms in total. The van der Waals surface area contributed by atoms with Crippen molar-refractivity contribution in [3.05, 3.63) is 71.8 Å². The highest BCUT2D eigenvalue weighted by atomic mass is 16.5. The lowest BCUT2D eigenvalue weighted by Crippen LogP contribution is -2.40. The predicted octanol–water partition coefficient (Wildman–Crippen LogP) is 3.21. The molecule has 0 bridgehead atoms. The molecule has 0 spiro atoms. The molecular formula is C20H24N2O3. The Hall–Kier alpha value is -2.82. The van der Waals surface area contributed by atoms with Crippen molar-refractivity contribution < 1.29 is 14.3 Å². The van der Waals surface area contributed by atoms with Crippen LogP contribution in [0.1, 0.15) is 18.1 Å². The van der Waals surface area contributed by atoms with Crippen LogP contribution in [0.2, 0.25) is 0 Å². The van der Waals surface area contributed by atoms with Gasteiger partial charge >= 0.3 is 12.0 Å². The number of amides is 2. The first kappa shape index (κ1) is 18.5. The van der Waals surface area contributed by atoms with E-state index in [-0.39, 0.29) is 25.2 Å². The number of carbonyl (C=O) groups excluding carboxylic acids is 2. The van der Waals surface area contributed by atoms with E-state index >= 15 is 0 Å². The Morgan fingerprint density at radius 3 is 2.16 bits per heavy atom. The number of nitrogens with zero attached hydrogens (tertiary/aromatic N) is 1. The van der Waals surface area contributed by atoms with Crippen molar-refractivity contribution in [2.24, 2.45) is 5.92 Å². The van der Waals surface area contributed by atoms with Crippen molar-refractivity contribution in [1.29, 1.82) is 0 Å². The highest BCUT2D eigenvalue weighted by Crippen LogP contribution is 2.05. The van der Waals surface area contributed by atoms with E-state index in [9.17, 15) is 9.59 Å². The van der Waals surface area contributed by atoms with Gasteiger partial charge in [-0.15, -0.1) is 0 Å². The summed E-state index contributed by atoms with van der Waals surface area (Å²) in [6.45, 7) is 2.74. The molecule has 0 radical (unpaired) electrons. The third kappa shape index (κ3) is 6.30. The molecule has 2 aromatic rings. The second-order valence-electron chi connectivity index (χ2n) is 6.02.